The summed E-state index contributed by atoms with van der Waals surface area (Å²) in [6.07, 6.45) is 0. The van der Waals surface area contributed by atoms with Crippen molar-refractivity contribution in [2.45, 2.75) is 0 Å². The van der Waals surface area contributed by atoms with Crippen molar-refractivity contribution < 1.29 is 8.83 Å². The van der Waals surface area contributed by atoms with Crippen LogP contribution < -0.4 is 0 Å². The van der Waals surface area contributed by atoms with Gasteiger partial charge in [-0.1, -0.05) is 127 Å². The average molecular weight is 702 g/mol. The van der Waals surface area contributed by atoms with Crippen LogP contribution >= 0.6 is 0 Å². The van der Waals surface area contributed by atoms with Gasteiger partial charge in [0.25, 0.3) is 0 Å². The van der Waals surface area contributed by atoms with Gasteiger partial charge in [-0.25, -0.2) is 4.98 Å². The molecule has 0 saturated carbocycles. The second-order valence-corrected chi connectivity index (χ2v) is 14.5. The maximum Gasteiger partial charge on any atom is 0.238 e. The smallest absolute Gasteiger partial charge is 0.238 e. The number of hydrogen-bond acceptors (Lipinski definition) is 4. The van der Waals surface area contributed by atoms with Gasteiger partial charge in [0.1, 0.15) is 16.7 Å². The first kappa shape index (κ1) is 29.0. The van der Waals surface area contributed by atoms with Crippen molar-refractivity contribution in [3.63, 3.8) is 0 Å². The van der Waals surface area contributed by atoms with Crippen LogP contribution in [0.5, 0.6) is 0 Å². The molecular weight excluding hydrogens is 675 g/mol. The molecule has 0 unspecified atom stereocenters. The minimum absolute atomic E-state index is 0.547. The van der Waals surface area contributed by atoms with E-state index >= 15 is 0 Å². The van der Waals surface area contributed by atoms with Crippen LogP contribution in [0.1, 0.15) is 0 Å². The van der Waals surface area contributed by atoms with Crippen LogP contribution in [0.4, 0.5) is 0 Å². The summed E-state index contributed by atoms with van der Waals surface area (Å²) in [5, 5.41) is 16.0. The summed E-state index contributed by atoms with van der Waals surface area (Å²) in [5.74, 6) is 0.555. The highest BCUT2D eigenvalue weighted by atomic mass is 16.3. The van der Waals surface area contributed by atoms with E-state index < -0.39 is 0 Å². The molecule has 0 atom stereocenters. The van der Waals surface area contributed by atoms with Crippen molar-refractivity contribution in [2.75, 3.05) is 0 Å². The summed E-state index contributed by atoms with van der Waals surface area (Å²) in [7, 11) is 0. The quantitative estimate of drug-likeness (QED) is 0.168. The molecule has 0 radical (unpaired) electrons. The van der Waals surface area contributed by atoms with Gasteiger partial charge in [0.2, 0.25) is 11.7 Å². The standard InChI is InChI=1S/C50H27N3O2/c1-2-12-30-28(11-1)21-23-38-45-40(25-24-36-33-15-4-3-13-31(33)32-14-5-6-17-35(32)44(36)45)53(48(30)38)50-51-47(46-37-18-8-10-20-42(37)55-49(46)52-50)29-22-26-43-39(27-29)34-16-7-9-19-41(34)54-43/h1-27H. The van der Waals surface area contributed by atoms with Crippen molar-refractivity contribution in [2.24, 2.45) is 0 Å². The van der Waals surface area contributed by atoms with Gasteiger partial charge in [0.15, 0.2) is 0 Å². The lowest BCUT2D eigenvalue weighted by molar-refractivity contribution is 0.651. The number of rotatable bonds is 2. The fraction of sp³-hybridized carbons (Fsp3) is 0. The minimum Gasteiger partial charge on any atom is -0.456 e. The molecule has 5 nitrogen and oxygen atoms in total. The Morgan fingerprint density at radius 2 is 0.982 bits per heavy atom. The van der Waals surface area contributed by atoms with Gasteiger partial charge < -0.3 is 8.83 Å². The maximum atomic E-state index is 6.60. The van der Waals surface area contributed by atoms with Crippen molar-refractivity contribution in [3.05, 3.63) is 164 Å². The molecule has 9 aromatic carbocycles. The van der Waals surface area contributed by atoms with Gasteiger partial charge in [-0.2, -0.15) is 4.98 Å². The van der Waals surface area contributed by atoms with E-state index in [0.717, 1.165) is 76.7 Å². The Labute approximate surface area is 312 Å². The SMILES string of the molecule is c1ccc2c(c1)ccc1c3c4c5ccccc5c5ccccc5c4ccc3n(-c3nc(-c4ccc5oc6ccccc6c5c4)c4c(n3)oc3ccccc34)c21. The van der Waals surface area contributed by atoms with E-state index in [4.69, 9.17) is 18.8 Å². The third-order valence-electron chi connectivity index (χ3n) is 11.6. The number of hydrogen-bond donors (Lipinski definition) is 0. The van der Waals surface area contributed by atoms with Crippen molar-refractivity contribution in [3.8, 4) is 17.2 Å². The van der Waals surface area contributed by atoms with E-state index in [1.807, 2.05) is 30.3 Å². The highest BCUT2D eigenvalue weighted by Gasteiger charge is 2.24. The molecule has 0 saturated heterocycles. The molecule has 254 valence electrons. The topological polar surface area (TPSA) is 57.0 Å². The molecule has 0 aliphatic heterocycles. The van der Waals surface area contributed by atoms with Gasteiger partial charge in [-0.15, -0.1) is 0 Å². The van der Waals surface area contributed by atoms with Crippen molar-refractivity contribution in [1.29, 1.82) is 0 Å². The van der Waals surface area contributed by atoms with Gasteiger partial charge in [-0.3, -0.25) is 4.57 Å². The second-order valence-electron chi connectivity index (χ2n) is 14.5. The third kappa shape index (κ3) is 3.86. The van der Waals surface area contributed by atoms with Crippen LogP contribution in [0.2, 0.25) is 0 Å². The molecule has 0 amide bonds. The molecule has 0 aliphatic rings. The Morgan fingerprint density at radius 1 is 0.382 bits per heavy atom. The Balaban J connectivity index is 1.22. The zero-order valence-electron chi connectivity index (χ0n) is 29.2. The van der Waals surface area contributed by atoms with Crippen LogP contribution in [0, 0.1) is 0 Å². The number of para-hydroxylation sites is 2. The average Bonchev–Trinajstić information content (AvgIpc) is 3.92. The predicted octanol–water partition coefficient (Wildman–Crippen LogP) is 13.7. The van der Waals surface area contributed by atoms with E-state index in [1.165, 1.54) is 37.7 Å². The molecule has 0 aliphatic carbocycles. The first-order valence-electron chi connectivity index (χ1n) is 18.6. The van der Waals surface area contributed by atoms with Crippen LogP contribution in [0.25, 0.3) is 126 Å². The number of fused-ring (bicyclic) bond motifs is 18. The summed E-state index contributed by atoms with van der Waals surface area (Å²) >= 11 is 0. The third-order valence-corrected chi connectivity index (χ3v) is 11.6. The Morgan fingerprint density at radius 3 is 1.78 bits per heavy atom. The molecule has 4 aromatic heterocycles. The van der Waals surface area contributed by atoms with E-state index in [0.29, 0.717) is 11.7 Å². The Bertz CT molecular complexity index is 3760. The number of aromatic nitrogens is 3. The van der Waals surface area contributed by atoms with Gasteiger partial charge in [-0.05, 0) is 68.7 Å². The molecule has 4 heterocycles. The number of benzene rings is 9. The van der Waals surface area contributed by atoms with Gasteiger partial charge in [0, 0.05) is 43.3 Å². The maximum absolute atomic E-state index is 6.60. The van der Waals surface area contributed by atoms with E-state index in [1.54, 1.807) is 0 Å². The predicted molar refractivity (Wildman–Crippen MR) is 226 cm³/mol. The van der Waals surface area contributed by atoms with Gasteiger partial charge >= 0.3 is 0 Å². The van der Waals surface area contributed by atoms with Crippen LogP contribution in [-0.4, -0.2) is 14.5 Å². The zero-order valence-corrected chi connectivity index (χ0v) is 29.2. The summed E-state index contributed by atoms with van der Waals surface area (Å²) < 4.78 is 15.1. The first-order chi connectivity index (χ1) is 27.3. The lowest BCUT2D eigenvalue weighted by atomic mass is 9.91. The second kappa shape index (κ2) is 10.6. The molecule has 13 rings (SSSR count). The number of furan rings is 2. The first-order valence-corrected chi connectivity index (χ1v) is 18.6. The molecular formula is C50H27N3O2. The largest absolute Gasteiger partial charge is 0.456 e. The van der Waals surface area contributed by atoms with Gasteiger partial charge in [0.05, 0.1) is 22.1 Å². The molecule has 0 N–H and O–H groups in total. The fourth-order valence-electron chi connectivity index (χ4n) is 9.26. The molecule has 55 heavy (non-hydrogen) atoms. The van der Waals surface area contributed by atoms with E-state index in [2.05, 4.69) is 138 Å². The van der Waals surface area contributed by atoms with Crippen molar-refractivity contribution in [1.82, 2.24) is 14.5 Å². The lowest BCUT2D eigenvalue weighted by Crippen LogP contribution is -2.03. The van der Waals surface area contributed by atoms with Crippen LogP contribution in [0.3, 0.4) is 0 Å². The van der Waals surface area contributed by atoms with E-state index in [-0.39, 0.29) is 0 Å². The van der Waals surface area contributed by atoms with Crippen LogP contribution in [0.15, 0.2) is 173 Å². The number of nitrogens with zero attached hydrogens (tertiary/aromatic N) is 3. The highest BCUT2D eigenvalue weighted by molar-refractivity contribution is 6.36. The highest BCUT2D eigenvalue weighted by Crippen LogP contribution is 2.45. The summed E-state index contributed by atoms with van der Waals surface area (Å²) in [6.45, 7) is 0. The minimum atomic E-state index is 0.547. The zero-order chi connectivity index (χ0) is 35.8. The van der Waals surface area contributed by atoms with E-state index in [9.17, 15) is 0 Å². The Hall–Kier alpha value is -7.50. The lowest BCUT2D eigenvalue weighted by Gasteiger charge is -2.13. The Kier molecular flexibility index (Phi) is 5.57. The summed E-state index contributed by atoms with van der Waals surface area (Å²) in [5.41, 5.74) is 6.91. The summed E-state index contributed by atoms with van der Waals surface area (Å²) in [4.78, 5) is 10.9. The van der Waals surface area contributed by atoms with Crippen LogP contribution in [-0.2, 0) is 0 Å². The molecule has 0 fully saturated rings. The molecule has 0 bridgehead atoms. The fourth-order valence-corrected chi connectivity index (χ4v) is 9.26. The molecule has 13 aromatic rings. The summed E-state index contributed by atoms with van der Waals surface area (Å²) in [6, 6.07) is 57.9. The monoisotopic (exact) mass is 701 g/mol. The normalized spacial score (nSPS) is 12.4. The van der Waals surface area contributed by atoms with Crippen molar-refractivity contribution >= 4 is 109 Å². The molecule has 0 spiro atoms. The molecule has 5 heteroatoms.